The average molecular weight is 157 g/mol. The third kappa shape index (κ3) is 3.65. The van der Waals surface area contributed by atoms with Crippen molar-refractivity contribution >= 4 is 5.97 Å². The van der Waals surface area contributed by atoms with Crippen LogP contribution in [-0.2, 0) is 9.53 Å². The molecule has 0 radical (unpaired) electrons. The molecule has 0 fully saturated rings. The molecule has 0 atom stereocenters. The van der Waals surface area contributed by atoms with Gasteiger partial charge in [0, 0.05) is 13.2 Å². The lowest BCUT2D eigenvalue weighted by Gasteiger charge is -2.03. The van der Waals surface area contributed by atoms with E-state index >= 15 is 0 Å². The monoisotopic (exact) mass is 157 g/mol. The first-order chi connectivity index (χ1) is 5.26. The van der Waals surface area contributed by atoms with E-state index < -0.39 is 0 Å². The van der Waals surface area contributed by atoms with Gasteiger partial charge in [0.15, 0.2) is 0 Å². The molecule has 0 unspecified atom stereocenters. The predicted molar refractivity (Wildman–Crippen MR) is 44.1 cm³/mol. The number of carbonyl (C=O) groups is 1. The van der Waals surface area contributed by atoms with Gasteiger partial charge in [0.2, 0.25) is 0 Å². The van der Waals surface area contributed by atoms with Crippen LogP contribution in [0.4, 0.5) is 0 Å². The second kappa shape index (κ2) is 5.77. The molecule has 1 N–H and O–H groups in total. The molecular weight excluding hydrogens is 142 g/mol. The number of ether oxygens (including phenoxy) is 1. The molecule has 0 aliphatic heterocycles. The van der Waals surface area contributed by atoms with E-state index in [1.54, 1.807) is 20.2 Å². The predicted octanol–water partition coefficient (Wildman–Crippen LogP) is 1.06. The minimum absolute atomic E-state index is 0.232. The Morgan fingerprint density at radius 2 is 2.18 bits per heavy atom. The van der Waals surface area contributed by atoms with Crippen molar-refractivity contribution in [3.8, 4) is 0 Å². The van der Waals surface area contributed by atoms with Gasteiger partial charge in [0.05, 0.1) is 12.2 Å². The summed E-state index contributed by atoms with van der Waals surface area (Å²) in [6.45, 7) is 4.14. The summed E-state index contributed by atoms with van der Waals surface area (Å²) >= 11 is 0. The number of esters is 1. The van der Waals surface area contributed by atoms with Crippen LogP contribution in [0.5, 0.6) is 0 Å². The highest BCUT2D eigenvalue weighted by molar-refractivity contribution is 5.88. The quantitative estimate of drug-likeness (QED) is 0.490. The summed E-state index contributed by atoms with van der Waals surface area (Å²) in [5.41, 5.74) is 0.675. The van der Waals surface area contributed by atoms with E-state index in [0.29, 0.717) is 18.6 Å². The molecule has 0 spiro atoms. The normalized spacial score (nSPS) is 11.0. The van der Waals surface area contributed by atoms with Gasteiger partial charge >= 0.3 is 5.97 Å². The second-order valence-corrected chi connectivity index (χ2v) is 2.03. The van der Waals surface area contributed by atoms with Gasteiger partial charge in [-0.05, 0) is 13.3 Å². The molecule has 0 amide bonds. The molecule has 0 saturated carbocycles. The number of nitrogens with one attached hydrogen (secondary N) is 1. The van der Waals surface area contributed by atoms with Crippen molar-refractivity contribution in [1.82, 2.24) is 5.32 Å². The van der Waals surface area contributed by atoms with Crippen molar-refractivity contribution < 1.29 is 9.53 Å². The molecular formula is C8H15NO2. The van der Waals surface area contributed by atoms with Gasteiger partial charge in [-0.3, -0.25) is 0 Å². The summed E-state index contributed by atoms with van der Waals surface area (Å²) < 4.78 is 4.80. The first-order valence-electron chi connectivity index (χ1n) is 3.79. The third-order valence-corrected chi connectivity index (χ3v) is 1.24. The maximum Gasteiger partial charge on any atom is 0.335 e. The van der Waals surface area contributed by atoms with Gasteiger partial charge in [-0.25, -0.2) is 4.79 Å². The van der Waals surface area contributed by atoms with Gasteiger partial charge < -0.3 is 10.1 Å². The molecule has 0 aromatic carbocycles. The van der Waals surface area contributed by atoms with Gasteiger partial charge in [0.25, 0.3) is 0 Å². The fourth-order valence-electron chi connectivity index (χ4n) is 0.703. The summed E-state index contributed by atoms with van der Waals surface area (Å²) in [6.07, 6.45) is 2.36. The summed E-state index contributed by atoms with van der Waals surface area (Å²) in [4.78, 5) is 11.0. The van der Waals surface area contributed by atoms with E-state index in [1.807, 2.05) is 6.92 Å². The van der Waals surface area contributed by atoms with Crippen LogP contribution in [0.2, 0.25) is 0 Å². The molecule has 3 nitrogen and oxygen atoms in total. The van der Waals surface area contributed by atoms with E-state index in [-0.39, 0.29) is 5.97 Å². The van der Waals surface area contributed by atoms with E-state index in [2.05, 4.69) is 5.32 Å². The van der Waals surface area contributed by atoms with Crippen LogP contribution in [0.3, 0.4) is 0 Å². The Kier molecular flexibility index (Phi) is 5.25. The number of hydrogen-bond acceptors (Lipinski definition) is 3. The SMILES string of the molecule is CCOC(=O)C(=CNC)CC. The van der Waals surface area contributed by atoms with E-state index in [9.17, 15) is 4.79 Å². The highest BCUT2D eigenvalue weighted by Crippen LogP contribution is 2.01. The molecule has 0 aromatic heterocycles. The Morgan fingerprint density at radius 1 is 1.55 bits per heavy atom. The minimum Gasteiger partial charge on any atom is -0.463 e. The molecule has 0 rings (SSSR count). The number of rotatable bonds is 4. The molecule has 11 heavy (non-hydrogen) atoms. The maximum atomic E-state index is 11.0. The van der Waals surface area contributed by atoms with Crippen LogP contribution in [0.15, 0.2) is 11.8 Å². The van der Waals surface area contributed by atoms with Crippen molar-refractivity contribution in [2.75, 3.05) is 13.7 Å². The van der Waals surface area contributed by atoms with Crippen molar-refractivity contribution in [2.24, 2.45) is 0 Å². The summed E-state index contributed by atoms with van der Waals surface area (Å²) in [5, 5.41) is 2.80. The van der Waals surface area contributed by atoms with Gasteiger partial charge in [-0.15, -0.1) is 0 Å². The van der Waals surface area contributed by atoms with Crippen molar-refractivity contribution in [3.05, 3.63) is 11.8 Å². The summed E-state index contributed by atoms with van der Waals surface area (Å²) in [6, 6.07) is 0. The van der Waals surface area contributed by atoms with Crippen molar-refractivity contribution in [1.29, 1.82) is 0 Å². The Morgan fingerprint density at radius 3 is 2.55 bits per heavy atom. The zero-order valence-electron chi connectivity index (χ0n) is 7.31. The second-order valence-electron chi connectivity index (χ2n) is 2.03. The smallest absolute Gasteiger partial charge is 0.335 e. The molecule has 0 aromatic rings. The summed E-state index contributed by atoms with van der Waals surface area (Å²) in [7, 11) is 1.76. The van der Waals surface area contributed by atoms with Crippen molar-refractivity contribution in [2.45, 2.75) is 20.3 Å². The van der Waals surface area contributed by atoms with Gasteiger partial charge in [0.1, 0.15) is 0 Å². The number of carbonyl (C=O) groups excluding carboxylic acids is 1. The number of hydrogen-bond donors (Lipinski definition) is 1. The van der Waals surface area contributed by atoms with E-state index in [4.69, 9.17) is 4.74 Å². The fraction of sp³-hybridized carbons (Fsp3) is 0.625. The van der Waals surface area contributed by atoms with E-state index in [0.717, 1.165) is 0 Å². The largest absolute Gasteiger partial charge is 0.463 e. The lowest BCUT2D eigenvalue weighted by molar-refractivity contribution is -0.138. The lowest BCUT2D eigenvalue weighted by Crippen LogP contribution is -2.09. The summed E-state index contributed by atoms with van der Waals surface area (Å²) in [5.74, 6) is -0.232. The van der Waals surface area contributed by atoms with Crippen LogP contribution >= 0.6 is 0 Å². The van der Waals surface area contributed by atoms with Gasteiger partial charge in [-0.1, -0.05) is 6.92 Å². The molecule has 0 aliphatic carbocycles. The Labute approximate surface area is 67.4 Å². The molecule has 0 heterocycles. The molecule has 0 saturated heterocycles. The first-order valence-corrected chi connectivity index (χ1v) is 3.79. The highest BCUT2D eigenvalue weighted by Gasteiger charge is 2.06. The average Bonchev–Trinajstić information content (AvgIpc) is 2.00. The van der Waals surface area contributed by atoms with Gasteiger partial charge in [-0.2, -0.15) is 0 Å². The van der Waals surface area contributed by atoms with E-state index in [1.165, 1.54) is 0 Å². The zero-order chi connectivity index (χ0) is 8.69. The fourth-order valence-corrected chi connectivity index (χ4v) is 0.703. The molecule has 0 aliphatic rings. The third-order valence-electron chi connectivity index (χ3n) is 1.24. The Hall–Kier alpha value is -0.990. The van der Waals surface area contributed by atoms with Crippen LogP contribution in [-0.4, -0.2) is 19.6 Å². The Bertz CT molecular complexity index is 152. The first kappa shape index (κ1) is 10.0. The minimum atomic E-state index is -0.232. The lowest BCUT2D eigenvalue weighted by atomic mass is 10.2. The molecule has 3 heteroatoms. The van der Waals surface area contributed by atoms with Crippen LogP contribution < -0.4 is 5.32 Å². The zero-order valence-corrected chi connectivity index (χ0v) is 7.31. The maximum absolute atomic E-state index is 11.0. The van der Waals surface area contributed by atoms with Crippen molar-refractivity contribution in [3.63, 3.8) is 0 Å². The van der Waals surface area contributed by atoms with Crippen LogP contribution in [0, 0.1) is 0 Å². The highest BCUT2D eigenvalue weighted by atomic mass is 16.5. The topological polar surface area (TPSA) is 38.3 Å². The van der Waals surface area contributed by atoms with Crippen LogP contribution in [0.1, 0.15) is 20.3 Å². The Balaban J connectivity index is 4.03. The molecule has 64 valence electrons. The standard InChI is InChI=1S/C8H15NO2/c1-4-7(6-9-3)8(10)11-5-2/h6,9H,4-5H2,1-3H3. The molecule has 0 bridgehead atoms. The van der Waals surface area contributed by atoms with Crippen LogP contribution in [0.25, 0.3) is 0 Å².